The topological polar surface area (TPSA) is 89.5 Å². The van der Waals surface area contributed by atoms with Gasteiger partial charge in [-0.25, -0.2) is 9.59 Å². The largest absolute Gasteiger partial charge is 0.493 e. The van der Waals surface area contributed by atoms with Gasteiger partial charge in [-0.1, -0.05) is 0 Å². The fourth-order valence-electron chi connectivity index (χ4n) is 3.72. The molecule has 0 bridgehead atoms. The monoisotopic (exact) mass is 442 g/mol. The van der Waals surface area contributed by atoms with Crippen molar-refractivity contribution in [2.24, 2.45) is 0 Å². The molecule has 170 valence electrons. The van der Waals surface area contributed by atoms with Crippen molar-refractivity contribution in [1.29, 1.82) is 0 Å². The molecule has 0 fully saturated rings. The predicted molar refractivity (Wildman–Crippen MR) is 120 cm³/mol. The number of benzene rings is 3. The molecule has 0 spiro atoms. The minimum absolute atomic E-state index is 0.183. The van der Waals surface area contributed by atoms with Gasteiger partial charge in [0.05, 0.1) is 52.8 Å². The molecule has 0 radical (unpaired) electrons. The third-order valence-corrected chi connectivity index (χ3v) is 5.08. The first-order valence-electron chi connectivity index (χ1n) is 10.1. The van der Waals surface area contributed by atoms with Crippen LogP contribution in [0.1, 0.15) is 34.6 Å². The predicted octanol–water partition coefficient (Wildman–Crippen LogP) is 4.38. The van der Waals surface area contributed by atoms with Gasteiger partial charge in [0, 0.05) is 21.5 Å². The zero-order valence-corrected chi connectivity index (χ0v) is 19.0. The Morgan fingerprint density at radius 3 is 1.00 bits per heavy atom. The number of ether oxygens (including phenoxy) is 6. The van der Waals surface area contributed by atoms with Crippen molar-refractivity contribution in [3.63, 3.8) is 0 Å². The highest BCUT2D eigenvalue weighted by Crippen LogP contribution is 2.43. The van der Waals surface area contributed by atoms with Crippen LogP contribution in [-0.2, 0) is 9.47 Å². The summed E-state index contributed by atoms with van der Waals surface area (Å²) < 4.78 is 32.5. The maximum absolute atomic E-state index is 13.1. The number of methoxy groups -OCH3 is 4. The highest BCUT2D eigenvalue weighted by atomic mass is 16.5. The van der Waals surface area contributed by atoms with Crippen molar-refractivity contribution >= 4 is 33.5 Å². The van der Waals surface area contributed by atoms with Crippen molar-refractivity contribution < 1.29 is 38.0 Å². The summed E-state index contributed by atoms with van der Waals surface area (Å²) in [4.78, 5) is 26.2. The maximum Gasteiger partial charge on any atom is 0.339 e. The molecule has 0 aliphatic rings. The van der Waals surface area contributed by atoms with Crippen LogP contribution in [0.3, 0.4) is 0 Å². The molecular weight excluding hydrogens is 416 g/mol. The van der Waals surface area contributed by atoms with E-state index in [2.05, 4.69) is 0 Å². The van der Waals surface area contributed by atoms with E-state index < -0.39 is 11.9 Å². The fraction of sp³-hybridized carbons (Fsp3) is 0.333. The van der Waals surface area contributed by atoms with Crippen LogP contribution in [0.5, 0.6) is 23.0 Å². The molecular formula is C24H26O8. The minimum Gasteiger partial charge on any atom is -0.493 e. The van der Waals surface area contributed by atoms with Crippen LogP contribution in [0.4, 0.5) is 0 Å². The molecule has 0 amide bonds. The first-order chi connectivity index (χ1) is 15.4. The summed E-state index contributed by atoms with van der Waals surface area (Å²) in [6, 6.07) is 6.61. The van der Waals surface area contributed by atoms with Crippen molar-refractivity contribution in [2.75, 3.05) is 41.7 Å². The molecule has 0 heterocycles. The summed E-state index contributed by atoms with van der Waals surface area (Å²) >= 11 is 0. The maximum atomic E-state index is 13.1. The second kappa shape index (κ2) is 9.64. The van der Waals surface area contributed by atoms with E-state index in [9.17, 15) is 9.59 Å². The van der Waals surface area contributed by atoms with Gasteiger partial charge in [0.1, 0.15) is 0 Å². The van der Waals surface area contributed by atoms with Gasteiger partial charge in [0.25, 0.3) is 0 Å². The van der Waals surface area contributed by atoms with Crippen LogP contribution >= 0.6 is 0 Å². The third kappa shape index (κ3) is 3.84. The van der Waals surface area contributed by atoms with Crippen LogP contribution in [-0.4, -0.2) is 53.6 Å². The minimum atomic E-state index is -0.544. The molecule has 0 saturated carbocycles. The molecule has 8 nitrogen and oxygen atoms in total. The lowest BCUT2D eigenvalue weighted by molar-refractivity contribution is 0.0518. The highest BCUT2D eigenvalue weighted by Gasteiger charge is 2.27. The van der Waals surface area contributed by atoms with E-state index in [1.165, 1.54) is 28.4 Å². The summed E-state index contributed by atoms with van der Waals surface area (Å²) in [5.74, 6) is 0.524. The number of carbonyl (C=O) groups is 2. The number of fused-ring (bicyclic) bond motifs is 2. The van der Waals surface area contributed by atoms with Gasteiger partial charge in [-0.3, -0.25) is 0 Å². The average Bonchev–Trinajstić information content (AvgIpc) is 2.80. The molecule has 32 heavy (non-hydrogen) atoms. The lowest BCUT2D eigenvalue weighted by Crippen LogP contribution is -2.12. The van der Waals surface area contributed by atoms with Gasteiger partial charge >= 0.3 is 11.9 Å². The van der Waals surface area contributed by atoms with Crippen LogP contribution < -0.4 is 18.9 Å². The summed E-state index contributed by atoms with van der Waals surface area (Å²) in [5.41, 5.74) is 0.540. The Hall–Kier alpha value is -3.68. The Labute approximate surface area is 185 Å². The summed E-state index contributed by atoms with van der Waals surface area (Å²) in [6.07, 6.45) is 0. The standard InChI is InChI=1S/C24H26O8/c1-7-31-23(25)21-13-9-17(27-3)19(29-5)11-15(13)22(24(26)32-8-2)16-12-20(30-6)18(28-4)10-14(16)21/h9-12H,7-8H2,1-6H3. The van der Waals surface area contributed by atoms with Gasteiger partial charge in [-0.05, 0) is 38.1 Å². The van der Waals surface area contributed by atoms with E-state index in [1.807, 2.05) is 0 Å². The molecule has 3 aromatic rings. The summed E-state index contributed by atoms with van der Waals surface area (Å²) in [6.45, 7) is 3.81. The Morgan fingerprint density at radius 2 is 0.812 bits per heavy atom. The number of rotatable bonds is 8. The van der Waals surface area contributed by atoms with E-state index in [0.717, 1.165) is 0 Å². The first-order valence-corrected chi connectivity index (χ1v) is 10.1. The normalized spacial score (nSPS) is 10.7. The Bertz CT molecular complexity index is 1020. The second-order valence-electron chi connectivity index (χ2n) is 6.70. The van der Waals surface area contributed by atoms with E-state index in [1.54, 1.807) is 38.1 Å². The SMILES string of the molecule is CCOC(=O)c1c2cc(OC)c(OC)cc2c(C(=O)OCC)c2cc(OC)c(OC)cc12. The quantitative estimate of drug-likeness (QED) is 0.375. The molecule has 3 aromatic carbocycles. The van der Waals surface area contributed by atoms with Crippen LogP contribution in [0.2, 0.25) is 0 Å². The summed E-state index contributed by atoms with van der Waals surface area (Å²) in [5, 5.41) is 1.85. The first kappa shape index (κ1) is 23.0. The smallest absolute Gasteiger partial charge is 0.339 e. The van der Waals surface area contributed by atoms with Crippen molar-refractivity contribution in [3.8, 4) is 23.0 Å². The highest BCUT2D eigenvalue weighted by molar-refractivity contribution is 6.25. The molecule has 0 aliphatic heterocycles. The lowest BCUT2D eigenvalue weighted by Gasteiger charge is -2.19. The van der Waals surface area contributed by atoms with Crippen LogP contribution in [0.25, 0.3) is 21.5 Å². The van der Waals surface area contributed by atoms with Gasteiger partial charge < -0.3 is 28.4 Å². The number of hydrogen-bond acceptors (Lipinski definition) is 8. The molecule has 0 N–H and O–H groups in total. The molecule has 0 aromatic heterocycles. The Kier molecular flexibility index (Phi) is 6.92. The van der Waals surface area contributed by atoms with Gasteiger partial charge in [-0.2, -0.15) is 0 Å². The van der Waals surface area contributed by atoms with E-state index >= 15 is 0 Å². The van der Waals surface area contributed by atoms with Gasteiger partial charge in [-0.15, -0.1) is 0 Å². The molecule has 0 saturated heterocycles. The molecule has 0 atom stereocenters. The van der Waals surface area contributed by atoms with Crippen molar-refractivity contribution in [1.82, 2.24) is 0 Å². The molecule has 0 unspecified atom stereocenters. The summed E-state index contributed by atoms with van der Waals surface area (Å²) in [7, 11) is 5.98. The van der Waals surface area contributed by atoms with Crippen LogP contribution in [0.15, 0.2) is 24.3 Å². The fourth-order valence-corrected chi connectivity index (χ4v) is 3.72. The van der Waals surface area contributed by atoms with Gasteiger partial charge in [0.2, 0.25) is 0 Å². The molecule has 0 aliphatic carbocycles. The van der Waals surface area contributed by atoms with Crippen molar-refractivity contribution in [3.05, 3.63) is 35.4 Å². The lowest BCUT2D eigenvalue weighted by atomic mass is 9.90. The van der Waals surface area contributed by atoms with Crippen LogP contribution in [0, 0.1) is 0 Å². The Balaban J connectivity index is 2.63. The van der Waals surface area contributed by atoms with E-state index in [4.69, 9.17) is 28.4 Å². The van der Waals surface area contributed by atoms with Gasteiger partial charge in [0.15, 0.2) is 23.0 Å². The van der Waals surface area contributed by atoms with Crippen molar-refractivity contribution in [2.45, 2.75) is 13.8 Å². The number of carbonyl (C=O) groups excluding carboxylic acids is 2. The Morgan fingerprint density at radius 1 is 0.562 bits per heavy atom. The number of hydrogen-bond donors (Lipinski definition) is 0. The second-order valence-corrected chi connectivity index (χ2v) is 6.70. The van der Waals surface area contributed by atoms with E-state index in [-0.39, 0.29) is 24.3 Å². The zero-order valence-electron chi connectivity index (χ0n) is 19.0. The number of esters is 2. The molecule has 3 rings (SSSR count). The zero-order chi connectivity index (χ0) is 23.4. The molecule has 8 heteroatoms. The third-order valence-electron chi connectivity index (χ3n) is 5.08. The van der Waals surface area contributed by atoms with E-state index in [0.29, 0.717) is 44.5 Å². The average molecular weight is 442 g/mol.